The highest BCUT2D eigenvalue weighted by Crippen LogP contribution is 2.33. The zero-order chi connectivity index (χ0) is 14.9. The van der Waals surface area contributed by atoms with E-state index in [1.807, 2.05) is 0 Å². The monoisotopic (exact) mass is 312 g/mol. The van der Waals surface area contributed by atoms with Crippen LogP contribution in [0.4, 0.5) is 4.39 Å². The van der Waals surface area contributed by atoms with Crippen LogP contribution in [0.5, 0.6) is 0 Å². The van der Waals surface area contributed by atoms with Gasteiger partial charge in [0.15, 0.2) is 0 Å². The molecule has 4 N–H and O–H groups in total. The fraction of sp³-hybridized carbons (Fsp3) is 0.200. The molecule has 0 bridgehead atoms. The Bertz CT molecular complexity index is 612. The van der Waals surface area contributed by atoms with E-state index in [0.29, 0.717) is 15.6 Å². The third-order valence-corrected chi connectivity index (χ3v) is 3.87. The smallest absolute Gasteiger partial charge is 0.129 e. The molecule has 0 fully saturated rings. The predicted octanol–water partition coefficient (Wildman–Crippen LogP) is 4.01. The molecule has 2 aromatic carbocycles. The Morgan fingerprint density at radius 1 is 1.05 bits per heavy atom. The lowest BCUT2D eigenvalue weighted by molar-refractivity contribution is 0.379. The molecule has 20 heavy (non-hydrogen) atoms. The lowest BCUT2D eigenvalue weighted by Crippen LogP contribution is -2.44. The quantitative estimate of drug-likeness (QED) is 0.899. The van der Waals surface area contributed by atoms with E-state index >= 15 is 0 Å². The van der Waals surface area contributed by atoms with Crippen molar-refractivity contribution >= 4 is 23.2 Å². The van der Waals surface area contributed by atoms with E-state index in [4.69, 9.17) is 34.7 Å². The van der Waals surface area contributed by atoms with Crippen molar-refractivity contribution < 1.29 is 4.39 Å². The number of hydrogen-bond donors (Lipinski definition) is 2. The summed E-state index contributed by atoms with van der Waals surface area (Å²) in [4.78, 5) is 0. The summed E-state index contributed by atoms with van der Waals surface area (Å²) >= 11 is 11.6. The highest BCUT2D eigenvalue weighted by atomic mass is 35.5. The molecule has 0 aromatic heterocycles. The van der Waals surface area contributed by atoms with E-state index in [-0.39, 0.29) is 0 Å². The first-order chi connectivity index (χ1) is 9.32. The Labute approximate surface area is 127 Å². The Morgan fingerprint density at radius 3 is 2.15 bits per heavy atom. The average Bonchev–Trinajstić information content (AvgIpc) is 2.38. The number of nitrogens with two attached hydrogens (primary N) is 2. The minimum absolute atomic E-state index is 0.321. The summed E-state index contributed by atoms with van der Waals surface area (Å²) in [6, 6.07) is 10.8. The van der Waals surface area contributed by atoms with Gasteiger partial charge in [0, 0.05) is 15.6 Å². The van der Waals surface area contributed by atoms with Crippen LogP contribution in [0.1, 0.15) is 24.1 Å². The van der Waals surface area contributed by atoms with Gasteiger partial charge in [0.2, 0.25) is 0 Å². The number of hydrogen-bond acceptors (Lipinski definition) is 2. The number of halogens is 3. The molecule has 0 amide bonds. The second-order valence-corrected chi connectivity index (χ2v) is 5.81. The molecule has 0 aliphatic rings. The van der Waals surface area contributed by atoms with Crippen molar-refractivity contribution in [3.8, 4) is 0 Å². The fourth-order valence-corrected chi connectivity index (χ4v) is 2.39. The molecule has 0 heterocycles. The standard InChI is InChI=1S/C15H15Cl2FN2/c1-15(20,12-7-6-11(17)8-13(12)18)14(19)9-2-4-10(16)5-3-9/h2-8,14H,19-20H2,1H3/t14-,15+/m1/s1. The van der Waals surface area contributed by atoms with Gasteiger partial charge >= 0.3 is 0 Å². The maximum atomic E-state index is 14.0. The maximum absolute atomic E-state index is 14.0. The van der Waals surface area contributed by atoms with Gasteiger partial charge in [-0.05, 0) is 36.8 Å². The third kappa shape index (κ3) is 2.96. The summed E-state index contributed by atoms with van der Waals surface area (Å²) in [6.07, 6.45) is 0. The topological polar surface area (TPSA) is 52.0 Å². The summed E-state index contributed by atoms with van der Waals surface area (Å²) < 4.78 is 14.0. The fourth-order valence-electron chi connectivity index (χ4n) is 2.11. The maximum Gasteiger partial charge on any atom is 0.129 e. The van der Waals surface area contributed by atoms with Crippen molar-refractivity contribution in [1.29, 1.82) is 0 Å². The molecule has 0 aliphatic carbocycles. The SMILES string of the molecule is C[C@](N)(c1ccc(Cl)cc1F)[C@H](N)c1ccc(Cl)cc1. The van der Waals surface area contributed by atoms with Crippen LogP contribution in [0.3, 0.4) is 0 Å². The lowest BCUT2D eigenvalue weighted by Gasteiger charge is -2.32. The van der Waals surface area contributed by atoms with E-state index in [0.717, 1.165) is 5.56 Å². The first-order valence-corrected chi connectivity index (χ1v) is 6.83. The zero-order valence-corrected chi connectivity index (χ0v) is 12.4. The Morgan fingerprint density at radius 2 is 1.60 bits per heavy atom. The predicted molar refractivity (Wildman–Crippen MR) is 81.3 cm³/mol. The molecule has 106 valence electrons. The normalized spacial score (nSPS) is 15.7. The van der Waals surface area contributed by atoms with E-state index in [1.54, 1.807) is 43.3 Å². The largest absolute Gasteiger partial charge is 0.322 e. The number of rotatable bonds is 3. The average molecular weight is 313 g/mol. The minimum atomic E-state index is -1.07. The summed E-state index contributed by atoms with van der Waals surface area (Å²) in [6.45, 7) is 1.69. The van der Waals surface area contributed by atoms with E-state index in [9.17, 15) is 4.39 Å². The minimum Gasteiger partial charge on any atom is -0.322 e. The van der Waals surface area contributed by atoms with Crippen LogP contribution < -0.4 is 11.5 Å². The lowest BCUT2D eigenvalue weighted by atomic mass is 9.82. The van der Waals surface area contributed by atoms with Crippen molar-refractivity contribution in [2.24, 2.45) is 11.5 Å². The molecule has 2 rings (SSSR count). The van der Waals surface area contributed by atoms with Gasteiger partial charge in [0.1, 0.15) is 5.82 Å². The number of benzene rings is 2. The highest BCUT2D eigenvalue weighted by molar-refractivity contribution is 6.30. The Kier molecular flexibility index (Phi) is 4.35. The van der Waals surface area contributed by atoms with Crippen LogP contribution in [-0.4, -0.2) is 0 Å². The first-order valence-electron chi connectivity index (χ1n) is 6.08. The molecular weight excluding hydrogens is 298 g/mol. The van der Waals surface area contributed by atoms with Crippen LogP contribution in [0, 0.1) is 5.82 Å². The molecule has 2 atom stereocenters. The van der Waals surface area contributed by atoms with E-state index in [1.165, 1.54) is 6.07 Å². The Hall–Kier alpha value is -1.13. The molecule has 2 nitrogen and oxygen atoms in total. The summed E-state index contributed by atoms with van der Waals surface area (Å²) in [5, 5.41) is 0.930. The van der Waals surface area contributed by atoms with Crippen molar-refractivity contribution in [3.05, 3.63) is 69.5 Å². The van der Waals surface area contributed by atoms with Crippen molar-refractivity contribution in [2.75, 3.05) is 0 Å². The van der Waals surface area contributed by atoms with E-state index < -0.39 is 17.4 Å². The van der Waals surface area contributed by atoms with Crippen molar-refractivity contribution in [1.82, 2.24) is 0 Å². The summed E-state index contributed by atoms with van der Waals surface area (Å²) in [5.41, 5.74) is 12.5. The second kappa shape index (κ2) is 5.70. The molecule has 0 radical (unpaired) electrons. The Balaban J connectivity index is 2.40. The van der Waals surface area contributed by atoms with Gasteiger partial charge in [-0.25, -0.2) is 4.39 Å². The van der Waals surface area contributed by atoms with Gasteiger partial charge in [-0.15, -0.1) is 0 Å². The molecule has 0 spiro atoms. The second-order valence-electron chi connectivity index (χ2n) is 4.94. The molecule has 0 unspecified atom stereocenters. The van der Waals surface area contributed by atoms with Crippen LogP contribution in [0.2, 0.25) is 10.0 Å². The molecular formula is C15H15Cl2FN2. The summed E-state index contributed by atoms with van der Waals surface area (Å²) in [7, 11) is 0. The van der Waals surface area contributed by atoms with Crippen molar-refractivity contribution in [3.63, 3.8) is 0 Å². The van der Waals surface area contributed by atoms with Crippen LogP contribution in [0.15, 0.2) is 42.5 Å². The van der Waals surface area contributed by atoms with Gasteiger partial charge in [0.05, 0.1) is 11.6 Å². The molecule has 5 heteroatoms. The summed E-state index contributed by atoms with van der Waals surface area (Å²) in [5.74, 6) is -0.466. The molecule has 0 saturated heterocycles. The van der Waals surface area contributed by atoms with Crippen molar-refractivity contribution in [2.45, 2.75) is 18.5 Å². The van der Waals surface area contributed by atoms with Crippen LogP contribution in [-0.2, 0) is 5.54 Å². The zero-order valence-electron chi connectivity index (χ0n) is 10.9. The third-order valence-electron chi connectivity index (χ3n) is 3.39. The molecule has 2 aromatic rings. The van der Waals surface area contributed by atoms with Gasteiger partial charge in [-0.3, -0.25) is 0 Å². The van der Waals surface area contributed by atoms with Gasteiger partial charge < -0.3 is 11.5 Å². The van der Waals surface area contributed by atoms with Gasteiger partial charge in [-0.1, -0.05) is 41.4 Å². The van der Waals surface area contributed by atoms with Gasteiger partial charge in [0.25, 0.3) is 0 Å². The highest BCUT2D eigenvalue weighted by Gasteiger charge is 2.32. The molecule has 0 saturated carbocycles. The van der Waals surface area contributed by atoms with Gasteiger partial charge in [-0.2, -0.15) is 0 Å². The van der Waals surface area contributed by atoms with E-state index in [2.05, 4.69) is 0 Å². The molecule has 0 aliphatic heterocycles. The first kappa shape index (κ1) is 15.3. The van der Waals surface area contributed by atoms with Crippen LogP contribution in [0.25, 0.3) is 0 Å². The van der Waals surface area contributed by atoms with Crippen LogP contribution >= 0.6 is 23.2 Å².